The molecule has 618 valence electrons. The first-order valence-electron chi connectivity index (χ1n) is 47.3. The summed E-state index contributed by atoms with van der Waals surface area (Å²) in [4.78, 5) is 0. The molecule has 0 radical (unpaired) electrons. The van der Waals surface area contributed by atoms with Crippen LogP contribution in [0.2, 0.25) is 0 Å². The van der Waals surface area contributed by atoms with E-state index in [0.717, 1.165) is 32.1 Å². The molecule has 0 amide bonds. The van der Waals surface area contributed by atoms with E-state index in [1.165, 1.54) is 289 Å². The maximum atomic E-state index is 9.09. The molecule has 23 aromatic rings. The standard InChI is InChI=1S/2C44H30.C43H34/c1-28-19-21-29(22-20-28)30-9-6-10-31(25-30)33-15-7-17-39-40-18-8-16-34(44(40)27-43(33)39)32-23-24-41-37-13-3-2-11-35(37)36-12-4-5-14-38(36)42(41)26-32;1-28-16-18-29(19-17-28)30-20-22-31(23-21-30)33-12-6-14-39-40-15-7-13-34(44(40)27-43(33)39)32-24-25-41-37-10-3-2-8-35(37)36-9-4-5-11-38(36)42(41)26-32;1-2-10-28(11-3-1)29-20-22-30(23-21-29)32-16-8-18-38-39-19-9-17-33(43(39)27-42(32)38)31-24-25-40-36-14-5-4-12-34(36)35-13-6-7-15-37(35)41(40)26-31/h2*2-26H,27H2,1H3;4-9,12-26,28H,1-3,10-11,27H2/i;;28D. The maximum absolute atomic E-state index is 9.09. The molecule has 0 spiro atoms. The number of aryl methyl sites for hydroxylation is 2. The van der Waals surface area contributed by atoms with E-state index in [9.17, 15) is 0 Å². The molecule has 4 aliphatic carbocycles. The Morgan fingerprint density at radius 1 is 0.160 bits per heavy atom. The monoisotopic (exact) mass is 1670 g/mol. The predicted octanol–water partition coefficient (Wildman–Crippen LogP) is 36.2. The fourth-order valence-electron chi connectivity index (χ4n) is 22.9. The number of hydrogen-bond acceptors (Lipinski definition) is 0. The van der Waals surface area contributed by atoms with Gasteiger partial charge < -0.3 is 0 Å². The summed E-state index contributed by atoms with van der Waals surface area (Å²) >= 11 is 0. The fourth-order valence-corrected chi connectivity index (χ4v) is 22.9. The minimum atomic E-state index is -0.419. The van der Waals surface area contributed by atoms with Crippen LogP contribution in [0.25, 0.3) is 219 Å². The van der Waals surface area contributed by atoms with E-state index in [4.69, 9.17) is 1.37 Å². The van der Waals surface area contributed by atoms with Crippen LogP contribution in [-0.2, 0) is 19.3 Å². The summed E-state index contributed by atoms with van der Waals surface area (Å²) in [7, 11) is 0. The Kier molecular flexibility index (Phi) is 18.9. The smallest absolute Gasteiger partial charge is 0.0352 e. The molecule has 1 fully saturated rings. The summed E-state index contributed by atoms with van der Waals surface area (Å²) in [6.45, 7) is 4.28. The molecule has 0 saturated heterocycles. The van der Waals surface area contributed by atoms with Gasteiger partial charge in [0.1, 0.15) is 0 Å². The summed E-state index contributed by atoms with van der Waals surface area (Å²) < 4.78 is 9.09. The molecule has 131 heavy (non-hydrogen) atoms. The number of benzene rings is 23. The van der Waals surface area contributed by atoms with Crippen LogP contribution in [0.3, 0.4) is 0 Å². The van der Waals surface area contributed by atoms with E-state index in [0.29, 0.717) is 0 Å². The van der Waals surface area contributed by atoms with Crippen LogP contribution in [0.4, 0.5) is 0 Å². The minimum Gasteiger partial charge on any atom is -0.0616 e. The Labute approximate surface area is 767 Å². The van der Waals surface area contributed by atoms with Crippen LogP contribution in [0, 0.1) is 13.8 Å². The first kappa shape index (κ1) is 76.6. The third-order valence-corrected chi connectivity index (χ3v) is 29.4. The molecule has 0 aromatic heterocycles. The quantitative estimate of drug-likeness (QED) is 0.126. The maximum Gasteiger partial charge on any atom is 0.0352 e. The highest BCUT2D eigenvalue weighted by Gasteiger charge is 2.30. The summed E-state index contributed by atoms with van der Waals surface area (Å²) in [6, 6.07) is 160. The Balaban J connectivity index is 0.000000106. The lowest BCUT2D eigenvalue weighted by Gasteiger charge is -2.22. The van der Waals surface area contributed by atoms with Gasteiger partial charge in [-0.1, -0.05) is 437 Å². The highest BCUT2D eigenvalue weighted by Crippen LogP contribution is 2.52. The Hall–Kier alpha value is -15.6. The van der Waals surface area contributed by atoms with E-state index in [2.05, 4.69) is 445 Å². The molecule has 23 aromatic carbocycles. The van der Waals surface area contributed by atoms with Crippen molar-refractivity contribution < 1.29 is 1.37 Å². The molecule has 0 aliphatic heterocycles. The summed E-state index contributed by atoms with van der Waals surface area (Å²) in [5.41, 5.74) is 41.1. The van der Waals surface area contributed by atoms with Crippen molar-refractivity contribution in [2.75, 3.05) is 0 Å². The molecule has 0 bridgehead atoms. The summed E-state index contributed by atoms with van der Waals surface area (Å²) in [5, 5.41) is 23.7. The second-order valence-corrected chi connectivity index (χ2v) is 36.7. The van der Waals surface area contributed by atoms with Crippen LogP contribution in [-0.4, -0.2) is 0 Å². The Morgan fingerprint density at radius 2 is 0.366 bits per heavy atom. The third-order valence-electron chi connectivity index (χ3n) is 29.4. The van der Waals surface area contributed by atoms with Crippen LogP contribution < -0.4 is 0 Å². The first-order valence-corrected chi connectivity index (χ1v) is 46.8. The van der Waals surface area contributed by atoms with E-state index >= 15 is 0 Å². The second-order valence-electron chi connectivity index (χ2n) is 36.7. The van der Waals surface area contributed by atoms with Crippen LogP contribution in [0.15, 0.2) is 431 Å². The number of hydrogen-bond donors (Lipinski definition) is 0. The molecule has 27 rings (SSSR count). The molecular weight excluding hydrogens is 1570 g/mol. The largest absolute Gasteiger partial charge is 0.0616 e. The van der Waals surface area contributed by atoms with Crippen molar-refractivity contribution in [2.45, 2.75) is 71.1 Å². The van der Waals surface area contributed by atoms with Gasteiger partial charge in [-0.15, -0.1) is 0 Å². The van der Waals surface area contributed by atoms with Crippen molar-refractivity contribution in [2.24, 2.45) is 0 Å². The lowest BCUT2D eigenvalue weighted by molar-refractivity contribution is 0.443. The van der Waals surface area contributed by atoms with Gasteiger partial charge in [-0.05, 0) is 334 Å². The van der Waals surface area contributed by atoms with Crippen LogP contribution in [0.1, 0.15) is 89.4 Å². The molecule has 0 heteroatoms. The molecule has 0 heterocycles. The number of rotatable bonds is 9. The van der Waals surface area contributed by atoms with E-state index in [-0.39, 0.29) is 0 Å². The number of fused-ring (bicyclic) bond motifs is 27. The fraction of sp³-hybridized carbons (Fsp3) is 0.0840. The van der Waals surface area contributed by atoms with Crippen molar-refractivity contribution in [3.8, 4) is 122 Å². The van der Waals surface area contributed by atoms with Gasteiger partial charge in [-0.2, -0.15) is 0 Å². The zero-order valence-corrected chi connectivity index (χ0v) is 73.6. The van der Waals surface area contributed by atoms with Crippen LogP contribution in [0.5, 0.6) is 0 Å². The highest BCUT2D eigenvalue weighted by molar-refractivity contribution is 6.28. The lowest BCUT2D eigenvalue weighted by Crippen LogP contribution is -2.04. The first-order chi connectivity index (χ1) is 65.1. The summed E-state index contributed by atoms with van der Waals surface area (Å²) in [5.74, 6) is -0.419. The predicted molar refractivity (Wildman–Crippen MR) is 560 cm³/mol. The average Bonchev–Trinajstić information content (AvgIpc) is 0.973. The molecule has 0 N–H and O–H groups in total. The van der Waals surface area contributed by atoms with Gasteiger partial charge in [0.05, 0.1) is 0 Å². The average molecular weight is 1670 g/mol. The highest BCUT2D eigenvalue weighted by atomic mass is 14.3. The topological polar surface area (TPSA) is 0 Å². The zero-order chi connectivity index (χ0) is 87.7. The molecule has 0 nitrogen and oxygen atoms in total. The van der Waals surface area contributed by atoms with Gasteiger partial charge in [-0.3, -0.25) is 0 Å². The van der Waals surface area contributed by atoms with Gasteiger partial charge in [0.2, 0.25) is 0 Å². The van der Waals surface area contributed by atoms with Crippen molar-refractivity contribution in [1.82, 2.24) is 0 Å². The lowest BCUT2D eigenvalue weighted by atomic mass is 9.83. The van der Waals surface area contributed by atoms with Gasteiger partial charge >= 0.3 is 0 Å². The van der Waals surface area contributed by atoms with Crippen molar-refractivity contribution >= 4 is 97.0 Å². The summed E-state index contributed by atoms with van der Waals surface area (Å²) in [6.07, 6.45) is 8.36. The van der Waals surface area contributed by atoms with Gasteiger partial charge in [-0.25, -0.2) is 0 Å². The van der Waals surface area contributed by atoms with Crippen molar-refractivity contribution in [1.29, 1.82) is 0 Å². The van der Waals surface area contributed by atoms with Crippen LogP contribution >= 0.6 is 0 Å². The van der Waals surface area contributed by atoms with E-state index in [1.807, 2.05) is 0 Å². The van der Waals surface area contributed by atoms with Crippen molar-refractivity contribution in [3.05, 3.63) is 481 Å². The second kappa shape index (κ2) is 32.3. The van der Waals surface area contributed by atoms with Gasteiger partial charge in [0.15, 0.2) is 0 Å². The van der Waals surface area contributed by atoms with Gasteiger partial charge in [0, 0.05) is 1.37 Å². The Bertz CT molecular complexity index is 8530. The SMILES string of the molecule is Cc1ccc(-c2ccc(-c3cccc4c3Cc3c(-c5ccc6c7ccccc7c7ccccc7c6c5)cccc3-4)cc2)cc1.Cc1ccc(-c2cccc(-c3cccc4c3Cc3c(-c5ccc6c7ccccc7c7ccccc7c6c5)cccc3-4)c2)cc1.[2H]C1(c2ccc(-c3cccc4c3Cc3c(-c5ccc6c7ccccc7c7ccccc7c6c5)cccc3-4)cc2)CCCCC1. The van der Waals surface area contributed by atoms with Gasteiger partial charge in [0.25, 0.3) is 0 Å². The minimum absolute atomic E-state index is 0.419. The molecule has 4 aliphatic rings. The molecular formula is C131H94. The normalized spacial score (nSPS) is 13.3. The molecule has 1 saturated carbocycles. The van der Waals surface area contributed by atoms with E-state index < -0.39 is 5.89 Å². The Morgan fingerprint density at radius 3 is 0.664 bits per heavy atom. The van der Waals surface area contributed by atoms with Crippen molar-refractivity contribution in [3.63, 3.8) is 0 Å². The molecule has 0 unspecified atom stereocenters. The molecule has 0 atom stereocenters. The zero-order valence-electron chi connectivity index (χ0n) is 74.6. The third kappa shape index (κ3) is 13.5. The van der Waals surface area contributed by atoms with E-state index in [1.54, 1.807) is 0 Å².